The fraction of sp³-hybridized carbons (Fsp3) is 0.231. The summed E-state index contributed by atoms with van der Waals surface area (Å²) in [6, 6.07) is 20.3. The lowest BCUT2D eigenvalue weighted by molar-refractivity contribution is 0.0951. The first-order valence-corrected chi connectivity index (χ1v) is 10.5. The maximum absolute atomic E-state index is 13.3. The predicted molar refractivity (Wildman–Crippen MR) is 123 cm³/mol. The zero-order valence-electron chi connectivity index (χ0n) is 18.3. The van der Waals surface area contributed by atoms with Gasteiger partial charge in [0.15, 0.2) is 0 Å². The third-order valence-corrected chi connectivity index (χ3v) is 5.93. The Kier molecular flexibility index (Phi) is 5.51. The van der Waals surface area contributed by atoms with Crippen LogP contribution in [0.25, 0.3) is 10.9 Å². The Morgan fingerprint density at radius 3 is 2.45 bits per heavy atom. The highest BCUT2D eigenvalue weighted by Gasteiger charge is 2.23. The summed E-state index contributed by atoms with van der Waals surface area (Å²) >= 11 is 0. The molecule has 2 aromatic carbocycles. The molecular weight excluding hydrogens is 386 g/mol. The smallest absolute Gasteiger partial charge is 0.254 e. The van der Waals surface area contributed by atoms with Crippen molar-refractivity contribution in [1.82, 2.24) is 14.9 Å². The molecule has 1 amide bonds. The zero-order valence-corrected chi connectivity index (χ0v) is 18.3. The first kappa shape index (κ1) is 20.7. The van der Waals surface area contributed by atoms with E-state index in [9.17, 15) is 9.90 Å². The van der Waals surface area contributed by atoms with Crippen LogP contribution in [-0.2, 0) is 6.54 Å². The summed E-state index contributed by atoms with van der Waals surface area (Å²) in [5.41, 5.74) is 6.08. The monoisotopic (exact) mass is 413 g/mol. The zero-order chi connectivity index (χ0) is 22.1. The molecule has 31 heavy (non-hydrogen) atoms. The number of pyridine rings is 1. The number of aromatic nitrogens is 2. The van der Waals surface area contributed by atoms with Crippen LogP contribution in [0.3, 0.4) is 0 Å². The van der Waals surface area contributed by atoms with Gasteiger partial charge in [-0.3, -0.25) is 4.79 Å². The molecule has 5 nitrogen and oxygen atoms in total. The Hall–Kier alpha value is -3.60. The Balaban J connectivity index is 1.71. The molecule has 0 aliphatic rings. The minimum Gasteiger partial charge on any atom is -0.493 e. The van der Waals surface area contributed by atoms with Gasteiger partial charge in [-0.05, 0) is 51.0 Å². The summed E-state index contributed by atoms with van der Waals surface area (Å²) in [4.78, 5) is 17.4. The Morgan fingerprint density at radius 2 is 1.74 bits per heavy atom. The van der Waals surface area contributed by atoms with Crippen LogP contribution in [0, 0.1) is 20.8 Å². The van der Waals surface area contributed by atoms with Gasteiger partial charge in [0.1, 0.15) is 0 Å². The summed E-state index contributed by atoms with van der Waals surface area (Å²) in [5.74, 6) is -0.193. The van der Waals surface area contributed by atoms with E-state index in [1.807, 2.05) is 63.2 Å². The number of aryl methyl sites for hydroxylation is 2. The fourth-order valence-electron chi connectivity index (χ4n) is 4.38. The van der Waals surface area contributed by atoms with Gasteiger partial charge in [0.25, 0.3) is 5.91 Å². The molecule has 4 aromatic rings. The number of aromatic hydroxyl groups is 1. The number of hydrogen-bond donors (Lipinski definition) is 2. The minimum atomic E-state index is -0.160. The van der Waals surface area contributed by atoms with E-state index >= 15 is 0 Å². The van der Waals surface area contributed by atoms with Crippen molar-refractivity contribution in [2.45, 2.75) is 40.3 Å². The molecule has 0 bridgehead atoms. The summed E-state index contributed by atoms with van der Waals surface area (Å²) in [5, 5.41) is 14.1. The number of rotatable bonds is 5. The largest absolute Gasteiger partial charge is 0.493 e. The van der Waals surface area contributed by atoms with Crippen LogP contribution in [0.4, 0.5) is 0 Å². The second-order valence-corrected chi connectivity index (χ2v) is 8.00. The molecule has 0 fully saturated rings. The fourth-order valence-corrected chi connectivity index (χ4v) is 4.38. The van der Waals surface area contributed by atoms with Crippen LogP contribution in [0.15, 0.2) is 60.7 Å². The van der Waals surface area contributed by atoms with Crippen molar-refractivity contribution in [1.29, 1.82) is 0 Å². The van der Waals surface area contributed by atoms with E-state index in [-0.39, 0.29) is 24.4 Å². The number of benzene rings is 2. The number of hydrogen-bond acceptors (Lipinski definition) is 3. The standard InChI is InChI=1S/C26H27N3O2/c1-16-14-17(2)28-25(30)22(16)15-27-26(31)24-19(4)29(23-13-9-8-12-21(23)24)18(3)20-10-6-5-7-11-20/h5-14,18H,15H2,1-4H3,(H,27,31)(H,28,30)/t18-/m0/s1. The van der Waals surface area contributed by atoms with Crippen molar-refractivity contribution in [3.8, 4) is 5.88 Å². The molecule has 2 aromatic heterocycles. The molecule has 5 heteroatoms. The Morgan fingerprint density at radius 1 is 1.06 bits per heavy atom. The molecular formula is C26H27N3O2. The second kappa shape index (κ2) is 8.26. The van der Waals surface area contributed by atoms with Gasteiger partial charge in [0.05, 0.1) is 11.6 Å². The lowest BCUT2D eigenvalue weighted by Crippen LogP contribution is -2.24. The molecule has 4 rings (SSSR count). The van der Waals surface area contributed by atoms with Gasteiger partial charge in [-0.1, -0.05) is 48.5 Å². The van der Waals surface area contributed by atoms with Gasteiger partial charge >= 0.3 is 0 Å². The van der Waals surface area contributed by atoms with Gasteiger partial charge in [-0.15, -0.1) is 0 Å². The number of nitrogens with one attached hydrogen (secondary N) is 1. The number of fused-ring (bicyclic) bond motifs is 1. The first-order valence-electron chi connectivity index (χ1n) is 10.5. The van der Waals surface area contributed by atoms with Gasteiger partial charge < -0.3 is 15.0 Å². The molecule has 1 atom stereocenters. The molecule has 0 aliphatic carbocycles. The van der Waals surface area contributed by atoms with Crippen LogP contribution in [0.2, 0.25) is 0 Å². The van der Waals surface area contributed by atoms with Crippen molar-refractivity contribution in [3.05, 3.63) is 94.3 Å². The number of carbonyl (C=O) groups is 1. The predicted octanol–water partition coefficient (Wildman–Crippen LogP) is 5.21. The molecule has 0 aliphatic heterocycles. The van der Waals surface area contributed by atoms with E-state index in [2.05, 4.69) is 40.0 Å². The van der Waals surface area contributed by atoms with E-state index in [1.54, 1.807) is 0 Å². The summed E-state index contributed by atoms with van der Waals surface area (Å²) in [6.45, 7) is 8.10. The summed E-state index contributed by atoms with van der Waals surface area (Å²) in [6.07, 6.45) is 0. The molecule has 0 unspecified atom stereocenters. The van der Waals surface area contributed by atoms with Crippen LogP contribution < -0.4 is 5.32 Å². The first-order chi connectivity index (χ1) is 14.9. The molecule has 2 N–H and O–H groups in total. The van der Waals surface area contributed by atoms with E-state index < -0.39 is 0 Å². The van der Waals surface area contributed by atoms with E-state index in [0.717, 1.165) is 27.9 Å². The molecule has 158 valence electrons. The van der Waals surface area contributed by atoms with Gasteiger partial charge in [-0.25, -0.2) is 4.98 Å². The molecule has 0 radical (unpaired) electrons. The summed E-state index contributed by atoms with van der Waals surface area (Å²) in [7, 11) is 0. The minimum absolute atomic E-state index is 0.0327. The third-order valence-electron chi connectivity index (χ3n) is 5.93. The molecule has 2 heterocycles. The normalized spacial score (nSPS) is 12.1. The average Bonchev–Trinajstić information content (AvgIpc) is 3.04. The lowest BCUT2D eigenvalue weighted by atomic mass is 10.1. The van der Waals surface area contributed by atoms with Crippen molar-refractivity contribution < 1.29 is 9.90 Å². The van der Waals surface area contributed by atoms with E-state index in [0.29, 0.717) is 11.1 Å². The summed E-state index contributed by atoms with van der Waals surface area (Å²) < 4.78 is 2.22. The van der Waals surface area contributed by atoms with E-state index in [4.69, 9.17) is 0 Å². The Bertz CT molecular complexity index is 1240. The van der Waals surface area contributed by atoms with Crippen LogP contribution in [0.5, 0.6) is 5.88 Å². The van der Waals surface area contributed by atoms with Crippen LogP contribution in [0.1, 0.15) is 51.4 Å². The lowest BCUT2D eigenvalue weighted by Gasteiger charge is -2.18. The topological polar surface area (TPSA) is 67.2 Å². The van der Waals surface area contributed by atoms with Gasteiger partial charge in [-0.2, -0.15) is 0 Å². The van der Waals surface area contributed by atoms with Gasteiger partial charge in [0.2, 0.25) is 5.88 Å². The van der Waals surface area contributed by atoms with E-state index in [1.165, 1.54) is 5.56 Å². The highest BCUT2D eigenvalue weighted by atomic mass is 16.3. The average molecular weight is 414 g/mol. The third kappa shape index (κ3) is 3.79. The number of nitrogens with zero attached hydrogens (tertiary/aromatic N) is 2. The number of para-hydroxylation sites is 1. The highest BCUT2D eigenvalue weighted by Crippen LogP contribution is 2.32. The number of carbonyl (C=O) groups excluding carboxylic acids is 1. The van der Waals surface area contributed by atoms with Gasteiger partial charge in [0, 0.05) is 34.4 Å². The molecule has 0 spiro atoms. The quantitative estimate of drug-likeness (QED) is 0.472. The Labute approximate surface area is 182 Å². The highest BCUT2D eigenvalue weighted by molar-refractivity contribution is 6.08. The maximum Gasteiger partial charge on any atom is 0.254 e. The van der Waals surface area contributed by atoms with Crippen molar-refractivity contribution in [3.63, 3.8) is 0 Å². The van der Waals surface area contributed by atoms with Crippen LogP contribution >= 0.6 is 0 Å². The van der Waals surface area contributed by atoms with Crippen LogP contribution in [-0.4, -0.2) is 20.6 Å². The maximum atomic E-state index is 13.3. The SMILES string of the molecule is Cc1cc(C)c(CNC(=O)c2c(C)n([C@@H](C)c3ccccc3)c3ccccc23)c(O)n1. The van der Waals surface area contributed by atoms with Crippen molar-refractivity contribution in [2.75, 3.05) is 0 Å². The van der Waals surface area contributed by atoms with Crippen molar-refractivity contribution >= 4 is 16.8 Å². The second-order valence-electron chi connectivity index (χ2n) is 8.00. The molecule has 0 saturated carbocycles. The van der Waals surface area contributed by atoms with Crippen molar-refractivity contribution in [2.24, 2.45) is 0 Å². The number of amides is 1. The molecule has 0 saturated heterocycles.